The third kappa shape index (κ3) is 3.74. The number of halogens is 2. The molecule has 6 heteroatoms. The molecule has 0 aromatic heterocycles. The van der Waals surface area contributed by atoms with Crippen molar-refractivity contribution < 1.29 is 9.90 Å². The molecule has 0 saturated heterocycles. The summed E-state index contributed by atoms with van der Waals surface area (Å²) in [6, 6.07) is 10.2. The third-order valence-corrected chi connectivity index (χ3v) is 3.54. The van der Waals surface area contributed by atoms with Crippen molar-refractivity contribution in [3.05, 3.63) is 63.1 Å². The molecule has 21 heavy (non-hydrogen) atoms. The second-order valence-electron chi connectivity index (χ2n) is 4.37. The standard InChI is InChI=1S/C15H12Cl2N2O2/c1-9-3-2-4-10(7-9)15(21)19-18-8-11-5-6-12(16)13(17)14(11)20/h2-8,20H,1H3,(H,19,21)/b18-8+. The van der Waals surface area contributed by atoms with Gasteiger partial charge in [-0.3, -0.25) is 4.79 Å². The Labute approximate surface area is 132 Å². The fourth-order valence-electron chi connectivity index (χ4n) is 1.67. The van der Waals surface area contributed by atoms with Crippen molar-refractivity contribution in [3.63, 3.8) is 0 Å². The molecule has 0 aliphatic carbocycles. The maximum Gasteiger partial charge on any atom is 0.271 e. The molecular formula is C15H12Cl2N2O2. The van der Waals surface area contributed by atoms with Gasteiger partial charge in [-0.25, -0.2) is 5.43 Å². The highest BCUT2D eigenvalue weighted by molar-refractivity contribution is 6.43. The summed E-state index contributed by atoms with van der Waals surface area (Å²) >= 11 is 11.6. The van der Waals surface area contributed by atoms with Crippen LogP contribution >= 0.6 is 23.2 Å². The smallest absolute Gasteiger partial charge is 0.271 e. The molecule has 4 nitrogen and oxygen atoms in total. The maximum absolute atomic E-state index is 11.9. The van der Waals surface area contributed by atoms with Crippen molar-refractivity contribution in [1.29, 1.82) is 0 Å². The summed E-state index contributed by atoms with van der Waals surface area (Å²) in [4.78, 5) is 11.9. The first-order valence-corrected chi connectivity index (χ1v) is 6.81. The van der Waals surface area contributed by atoms with Gasteiger partial charge in [-0.05, 0) is 31.2 Å². The summed E-state index contributed by atoms with van der Waals surface area (Å²) in [6.45, 7) is 1.90. The van der Waals surface area contributed by atoms with Gasteiger partial charge in [0, 0.05) is 11.1 Å². The fourth-order valence-corrected chi connectivity index (χ4v) is 1.99. The minimum Gasteiger partial charge on any atom is -0.506 e. The Morgan fingerprint density at radius 2 is 2.05 bits per heavy atom. The van der Waals surface area contributed by atoms with Crippen LogP contribution in [0.15, 0.2) is 41.5 Å². The van der Waals surface area contributed by atoms with Crippen LogP contribution in [0.4, 0.5) is 0 Å². The number of rotatable bonds is 3. The Morgan fingerprint density at radius 3 is 2.76 bits per heavy atom. The van der Waals surface area contributed by atoms with Gasteiger partial charge in [0.05, 0.1) is 11.2 Å². The van der Waals surface area contributed by atoms with Crippen molar-refractivity contribution in [2.75, 3.05) is 0 Å². The molecule has 0 unspecified atom stereocenters. The number of amides is 1. The minimum atomic E-state index is -0.338. The lowest BCUT2D eigenvalue weighted by molar-refractivity contribution is 0.0955. The number of aromatic hydroxyl groups is 1. The first kappa shape index (κ1) is 15.4. The molecule has 2 N–H and O–H groups in total. The number of hydrazone groups is 1. The molecule has 0 aliphatic heterocycles. The van der Waals surface area contributed by atoms with Gasteiger partial charge in [-0.1, -0.05) is 40.9 Å². The molecule has 0 fully saturated rings. The van der Waals surface area contributed by atoms with Gasteiger partial charge in [0.25, 0.3) is 5.91 Å². The quantitative estimate of drug-likeness (QED) is 0.667. The molecule has 0 radical (unpaired) electrons. The van der Waals surface area contributed by atoms with E-state index in [9.17, 15) is 9.90 Å². The number of nitrogens with zero attached hydrogens (tertiary/aromatic N) is 1. The lowest BCUT2D eigenvalue weighted by atomic mass is 10.1. The van der Waals surface area contributed by atoms with Crippen molar-refractivity contribution >= 4 is 35.3 Å². The van der Waals surface area contributed by atoms with E-state index in [1.165, 1.54) is 12.3 Å². The second kappa shape index (κ2) is 6.61. The van der Waals surface area contributed by atoms with Gasteiger partial charge in [0.15, 0.2) is 0 Å². The average Bonchev–Trinajstić information content (AvgIpc) is 2.47. The molecule has 108 valence electrons. The van der Waals surface area contributed by atoms with Crippen LogP contribution in [0.3, 0.4) is 0 Å². The number of nitrogens with one attached hydrogen (secondary N) is 1. The van der Waals surface area contributed by atoms with E-state index in [1.54, 1.807) is 24.3 Å². The summed E-state index contributed by atoms with van der Waals surface area (Å²) in [5.41, 5.74) is 4.22. The molecular weight excluding hydrogens is 311 g/mol. The number of hydrogen-bond acceptors (Lipinski definition) is 3. The van der Waals surface area contributed by atoms with E-state index >= 15 is 0 Å². The number of phenolic OH excluding ortho intramolecular Hbond substituents is 1. The highest BCUT2D eigenvalue weighted by Gasteiger charge is 2.08. The predicted molar refractivity (Wildman–Crippen MR) is 84.4 cm³/mol. The van der Waals surface area contributed by atoms with Gasteiger partial charge in [0.1, 0.15) is 10.8 Å². The molecule has 0 bridgehead atoms. The summed E-state index contributed by atoms with van der Waals surface area (Å²) in [7, 11) is 0. The van der Waals surface area contributed by atoms with Crippen molar-refractivity contribution in [2.45, 2.75) is 6.92 Å². The van der Waals surface area contributed by atoms with Crippen LogP contribution in [0.2, 0.25) is 10.0 Å². The summed E-state index contributed by atoms with van der Waals surface area (Å²) in [5.74, 6) is -0.521. The molecule has 0 spiro atoms. The second-order valence-corrected chi connectivity index (χ2v) is 5.15. The molecule has 0 atom stereocenters. The highest BCUT2D eigenvalue weighted by atomic mass is 35.5. The highest BCUT2D eigenvalue weighted by Crippen LogP contribution is 2.33. The van der Waals surface area contributed by atoms with Crippen molar-refractivity contribution in [2.24, 2.45) is 5.10 Å². The monoisotopic (exact) mass is 322 g/mol. The number of phenols is 1. The van der Waals surface area contributed by atoms with E-state index in [4.69, 9.17) is 23.2 Å². The van der Waals surface area contributed by atoms with Crippen LogP contribution in [-0.2, 0) is 0 Å². The summed E-state index contributed by atoms with van der Waals surface area (Å²) in [5, 5.41) is 13.9. The maximum atomic E-state index is 11.9. The van der Waals surface area contributed by atoms with Crippen LogP contribution in [-0.4, -0.2) is 17.2 Å². The lowest BCUT2D eigenvalue weighted by Crippen LogP contribution is -2.17. The SMILES string of the molecule is Cc1cccc(C(=O)N/N=C/c2ccc(Cl)c(Cl)c2O)c1. The van der Waals surface area contributed by atoms with Crippen LogP contribution in [0.5, 0.6) is 5.75 Å². The third-order valence-electron chi connectivity index (χ3n) is 2.75. The fraction of sp³-hybridized carbons (Fsp3) is 0.0667. The molecule has 2 aromatic carbocycles. The molecule has 0 heterocycles. The number of aryl methyl sites for hydroxylation is 1. The molecule has 2 aromatic rings. The van der Waals surface area contributed by atoms with Gasteiger partial charge >= 0.3 is 0 Å². The largest absolute Gasteiger partial charge is 0.506 e. The molecule has 0 saturated carbocycles. The van der Waals surface area contributed by atoms with Crippen molar-refractivity contribution in [1.82, 2.24) is 5.43 Å². The van der Waals surface area contributed by atoms with Crippen molar-refractivity contribution in [3.8, 4) is 5.75 Å². The number of benzene rings is 2. The normalized spacial score (nSPS) is 10.8. The topological polar surface area (TPSA) is 61.7 Å². The average molecular weight is 323 g/mol. The number of hydrogen-bond donors (Lipinski definition) is 2. The van der Waals surface area contributed by atoms with E-state index in [0.29, 0.717) is 11.1 Å². The Bertz CT molecular complexity index is 715. The van der Waals surface area contributed by atoms with E-state index in [-0.39, 0.29) is 21.7 Å². The zero-order valence-electron chi connectivity index (χ0n) is 11.1. The van der Waals surface area contributed by atoms with E-state index in [0.717, 1.165) is 5.56 Å². The zero-order valence-corrected chi connectivity index (χ0v) is 12.6. The Hall–Kier alpha value is -2.04. The first-order valence-electron chi connectivity index (χ1n) is 6.06. The first-order chi connectivity index (χ1) is 9.99. The lowest BCUT2D eigenvalue weighted by Gasteiger charge is -2.03. The number of carbonyl (C=O) groups is 1. The van der Waals surface area contributed by atoms with Gasteiger partial charge in [-0.15, -0.1) is 0 Å². The van der Waals surface area contributed by atoms with Crippen LogP contribution in [0, 0.1) is 6.92 Å². The molecule has 2 rings (SSSR count). The van der Waals surface area contributed by atoms with E-state index in [2.05, 4.69) is 10.5 Å². The summed E-state index contributed by atoms with van der Waals surface area (Å²) < 4.78 is 0. The summed E-state index contributed by atoms with van der Waals surface area (Å²) in [6.07, 6.45) is 1.30. The van der Waals surface area contributed by atoms with Crippen LogP contribution < -0.4 is 5.43 Å². The Balaban J connectivity index is 2.09. The number of carbonyl (C=O) groups excluding carboxylic acids is 1. The van der Waals surface area contributed by atoms with Gasteiger partial charge < -0.3 is 5.11 Å². The predicted octanol–water partition coefficient (Wildman–Crippen LogP) is 3.77. The van der Waals surface area contributed by atoms with Gasteiger partial charge in [-0.2, -0.15) is 5.10 Å². The Kier molecular flexibility index (Phi) is 4.83. The van der Waals surface area contributed by atoms with E-state index in [1.807, 2.05) is 13.0 Å². The molecule has 0 aliphatic rings. The van der Waals surface area contributed by atoms with Gasteiger partial charge in [0.2, 0.25) is 0 Å². The molecule has 1 amide bonds. The van der Waals surface area contributed by atoms with E-state index < -0.39 is 0 Å². The zero-order chi connectivity index (χ0) is 15.4. The Morgan fingerprint density at radius 1 is 1.29 bits per heavy atom. The van der Waals surface area contributed by atoms with Crippen LogP contribution in [0.1, 0.15) is 21.5 Å². The van der Waals surface area contributed by atoms with Crippen LogP contribution in [0.25, 0.3) is 0 Å². The minimum absolute atomic E-state index is 0.0469.